The van der Waals surface area contributed by atoms with Crippen molar-refractivity contribution < 1.29 is 9.84 Å². The third-order valence-electron chi connectivity index (χ3n) is 6.95. The van der Waals surface area contributed by atoms with E-state index in [9.17, 15) is 5.11 Å². The zero-order valence-corrected chi connectivity index (χ0v) is 18.0. The average Bonchev–Trinajstić information content (AvgIpc) is 3.21. The largest absolute Gasteiger partial charge is 0.487 e. The van der Waals surface area contributed by atoms with Crippen molar-refractivity contribution in [1.82, 2.24) is 19.4 Å². The smallest absolute Gasteiger partial charge is 0.141 e. The van der Waals surface area contributed by atoms with Crippen molar-refractivity contribution in [3.63, 3.8) is 0 Å². The SMILES string of the molecule is Cn1ccnc1C1(O)[C@@H]2CCC[C@@H]1CN(Cc1ccccc1OCc1ccccn1)C2. The van der Waals surface area contributed by atoms with Gasteiger partial charge in [0.1, 0.15) is 23.8 Å². The topological polar surface area (TPSA) is 63.4 Å². The summed E-state index contributed by atoms with van der Waals surface area (Å²) in [5, 5.41) is 11.8. The molecule has 2 bridgehead atoms. The van der Waals surface area contributed by atoms with Crippen LogP contribution in [0.1, 0.15) is 36.3 Å². The van der Waals surface area contributed by atoms with Gasteiger partial charge < -0.3 is 14.4 Å². The summed E-state index contributed by atoms with van der Waals surface area (Å²) in [5.41, 5.74) is 1.27. The number of para-hydroxylation sites is 1. The van der Waals surface area contributed by atoms with E-state index in [1.165, 1.54) is 12.0 Å². The number of rotatable bonds is 6. The number of nitrogens with zero attached hydrogens (tertiary/aromatic N) is 4. The Morgan fingerprint density at radius 2 is 1.81 bits per heavy atom. The number of piperidine rings is 1. The maximum atomic E-state index is 11.8. The molecule has 3 heterocycles. The molecule has 6 heteroatoms. The second-order valence-corrected chi connectivity index (χ2v) is 8.92. The number of aliphatic hydroxyl groups is 1. The molecule has 0 amide bonds. The molecular formula is C25H30N4O2. The molecule has 6 nitrogen and oxygen atoms in total. The number of likely N-dealkylation sites (tertiary alicyclic amines) is 1. The number of hydrogen-bond acceptors (Lipinski definition) is 5. The van der Waals surface area contributed by atoms with Gasteiger partial charge in [0, 0.05) is 62.7 Å². The average molecular weight is 419 g/mol. The minimum Gasteiger partial charge on any atom is -0.487 e. The van der Waals surface area contributed by atoms with Crippen molar-refractivity contribution in [1.29, 1.82) is 0 Å². The van der Waals surface area contributed by atoms with Gasteiger partial charge >= 0.3 is 0 Å². The predicted octanol–water partition coefficient (Wildman–Crippen LogP) is 3.51. The zero-order chi connectivity index (χ0) is 21.3. The highest BCUT2D eigenvalue weighted by Gasteiger charge is 2.53. The molecule has 1 aliphatic heterocycles. The summed E-state index contributed by atoms with van der Waals surface area (Å²) < 4.78 is 8.11. The number of hydrogen-bond donors (Lipinski definition) is 1. The maximum absolute atomic E-state index is 11.8. The molecule has 2 aromatic heterocycles. The van der Waals surface area contributed by atoms with Crippen LogP contribution in [-0.4, -0.2) is 37.6 Å². The summed E-state index contributed by atoms with van der Waals surface area (Å²) in [7, 11) is 1.98. The van der Waals surface area contributed by atoms with Gasteiger partial charge in [0.15, 0.2) is 0 Å². The van der Waals surface area contributed by atoms with Crippen molar-refractivity contribution in [3.8, 4) is 5.75 Å². The fourth-order valence-corrected chi connectivity index (χ4v) is 5.44. The van der Waals surface area contributed by atoms with Crippen molar-refractivity contribution in [2.45, 2.75) is 38.0 Å². The first-order valence-electron chi connectivity index (χ1n) is 11.2. The van der Waals surface area contributed by atoms with Crippen molar-refractivity contribution in [2.24, 2.45) is 18.9 Å². The lowest BCUT2D eigenvalue weighted by Gasteiger charge is -2.52. The minimum atomic E-state index is -0.831. The van der Waals surface area contributed by atoms with Gasteiger partial charge in [-0.05, 0) is 31.0 Å². The van der Waals surface area contributed by atoms with Crippen molar-refractivity contribution in [3.05, 3.63) is 78.1 Å². The van der Waals surface area contributed by atoms with Gasteiger partial charge in [-0.1, -0.05) is 30.7 Å². The van der Waals surface area contributed by atoms with Crippen LogP contribution in [0.2, 0.25) is 0 Å². The van der Waals surface area contributed by atoms with E-state index in [4.69, 9.17) is 4.74 Å². The van der Waals surface area contributed by atoms with Gasteiger partial charge in [-0.2, -0.15) is 0 Å². The predicted molar refractivity (Wildman–Crippen MR) is 118 cm³/mol. The zero-order valence-electron chi connectivity index (χ0n) is 18.0. The lowest BCUT2D eigenvalue weighted by Crippen LogP contribution is -2.58. The third kappa shape index (κ3) is 3.86. The van der Waals surface area contributed by atoms with E-state index in [-0.39, 0.29) is 11.8 Å². The van der Waals surface area contributed by atoms with Crippen LogP contribution in [-0.2, 0) is 25.8 Å². The Hall–Kier alpha value is -2.70. The molecule has 31 heavy (non-hydrogen) atoms. The van der Waals surface area contributed by atoms with Crippen molar-refractivity contribution in [2.75, 3.05) is 13.1 Å². The first-order chi connectivity index (χ1) is 15.1. The molecule has 2 fully saturated rings. The fourth-order valence-electron chi connectivity index (χ4n) is 5.44. The Balaban J connectivity index is 1.32. The number of pyridine rings is 1. The molecular weight excluding hydrogens is 388 g/mol. The second kappa shape index (κ2) is 8.44. The number of fused-ring (bicyclic) bond motifs is 2. The Kier molecular flexibility index (Phi) is 5.50. The van der Waals surface area contributed by atoms with Crippen LogP contribution in [0.4, 0.5) is 0 Å². The lowest BCUT2D eigenvalue weighted by molar-refractivity contribution is -0.155. The minimum absolute atomic E-state index is 0.197. The van der Waals surface area contributed by atoms with Crippen molar-refractivity contribution >= 4 is 0 Å². The van der Waals surface area contributed by atoms with E-state index in [1.54, 1.807) is 12.4 Å². The Bertz CT molecular complexity index is 1010. The number of benzene rings is 1. The number of aromatic nitrogens is 3. The fraction of sp³-hybridized carbons (Fsp3) is 0.440. The molecule has 1 saturated carbocycles. The standard InChI is InChI=1S/C25H30N4O2/c1-28-14-13-27-24(28)25(30)20-8-6-9-21(25)17-29(16-20)15-19-7-2-3-11-23(19)31-18-22-10-4-5-12-26-22/h2-5,7,10-14,20-21,30H,6,8-9,15-18H2,1H3/t20-,21-/m1/s1. The summed E-state index contributed by atoms with van der Waals surface area (Å²) in [6, 6.07) is 14.1. The quantitative estimate of drug-likeness (QED) is 0.664. The highest BCUT2D eigenvalue weighted by molar-refractivity contribution is 5.33. The number of aryl methyl sites for hydroxylation is 1. The molecule has 3 aromatic rings. The molecule has 1 aliphatic carbocycles. The second-order valence-electron chi connectivity index (χ2n) is 8.92. The third-order valence-corrected chi connectivity index (χ3v) is 6.95. The molecule has 1 N–H and O–H groups in total. The summed E-state index contributed by atoms with van der Waals surface area (Å²) in [5.74, 6) is 2.12. The van der Waals surface area contributed by atoms with E-state index in [1.807, 2.05) is 48.1 Å². The summed E-state index contributed by atoms with van der Waals surface area (Å²) in [6.07, 6.45) is 8.77. The molecule has 2 atom stereocenters. The number of ether oxygens (including phenoxy) is 1. The maximum Gasteiger partial charge on any atom is 0.141 e. The van der Waals surface area contributed by atoms with Gasteiger partial charge in [-0.3, -0.25) is 9.88 Å². The van der Waals surface area contributed by atoms with E-state index < -0.39 is 5.60 Å². The first-order valence-corrected chi connectivity index (χ1v) is 11.2. The van der Waals surface area contributed by atoms with Crippen LogP contribution in [0, 0.1) is 11.8 Å². The normalized spacial score (nSPS) is 26.0. The highest BCUT2D eigenvalue weighted by Crippen LogP contribution is 2.48. The van der Waals surface area contributed by atoms with Crippen LogP contribution in [0.15, 0.2) is 61.1 Å². The molecule has 0 spiro atoms. The van der Waals surface area contributed by atoms with Crippen LogP contribution in [0.5, 0.6) is 5.75 Å². The summed E-state index contributed by atoms with van der Waals surface area (Å²) in [4.78, 5) is 11.4. The van der Waals surface area contributed by atoms with Gasteiger partial charge in [0.25, 0.3) is 0 Å². The van der Waals surface area contributed by atoms with Crippen LogP contribution < -0.4 is 4.74 Å². The van der Waals surface area contributed by atoms with E-state index in [0.717, 1.165) is 49.7 Å². The summed E-state index contributed by atoms with van der Waals surface area (Å²) in [6.45, 7) is 3.02. The molecule has 2 aliphatic rings. The van der Waals surface area contributed by atoms with Gasteiger partial charge in [0.05, 0.1) is 5.69 Å². The summed E-state index contributed by atoms with van der Waals surface area (Å²) >= 11 is 0. The Morgan fingerprint density at radius 3 is 2.52 bits per heavy atom. The first kappa shape index (κ1) is 20.2. The van der Waals surface area contributed by atoms with E-state index in [0.29, 0.717) is 6.61 Å². The van der Waals surface area contributed by atoms with Crippen LogP contribution in [0.3, 0.4) is 0 Å². The molecule has 5 rings (SSSR count). The Labute approximate surface area is 183 Å². The molecule has 0 unspecified atom stereocenters. The Morgan fingerprint density at radius 1 is 1.03 bits per heavy atom. The monoisotopic (exact) mass is 418 g/mol. The molecule has 1 saturated heterocycles. The van der Waals surface area contributed by atoms with Gasteiger partial charge in [-0.15, -0.1) is 0 Å². The van der Waals surface area contributed by atoms with Crippen LogP contribution >= 0.6 is 0 Å². The molecule has 0 radical (unpaired) electrons. The van der Waals surface area contributed by atoms with Gasteiger partial charge in [-0.25, -0.2) is 4.98 Å². The van der Waals surface area contributed by atoms with Crippen LogP contribution in [0.25, 0.3) is 0 Å². The number of imidazole rings is 1. The molecule has 162 valence electrons. The van der Waals surface area contributed by atoms with E-state index in [2.05, 4.69) is 27.0 Å². The van der Waals surface area contributed by atoms with Gasteiger partial charge in [0.2, 0.25) is 0 Å². The van der Waals surface area contributed by atoms with E-state index >= 15 is 0 Å². The molecule has 1 aromatic carbocycles. The highest BCUT2D eigenvalue weighted by atomic mass is 16.5. The lowest BCUT2D eigenvalue weighted by atomic mass is 9.65.